The van der Waals surface area contributed by atoms with Crippen molar-refractivity contribution in [2.45, 2.75) is 26.2 Å². The number of amides is 1. The van der Waals surface area contributed by atoms with E-state index in [1.165, 1.54) is 18.4 Å². The molecule has 3 heteroatoms. The maximum atomic E-state index is 11.4. The number of likely N-dealkylation sites (tertiary alicyclic amines) is 1. The predicted molar refractivity (Wildman–Crippen MR) is 78.0 cm³/mol. The molecule has 19 heavy (non-hydrogen) atoms. The van der Waals surface area contributed by atoms with Gasteiger partial charge in [-0.1, -0.05) is 37.3 Å². The number of likely N-dealkylation sites (N-methyl/N-ethyl adjacent to an activating group) is 1. The van der Waals surface area contributed by atoms with E-state index in [1.54, 1.807) is 7.05 Å². The van der Waals surface area contributed by atoms with E-state index in [0.717, 1.165) is 19.5 Å². The number of nitrogens with zero attached hydrogens (tertiary/aromatic N) is 1. The van der Waals surface area contributed by atoms with Crippen LogP contribution in [0, 0.1) is 5.41 Å². The van der Waals surface area contributed by atoms with Crippen molar-refractivity contribution >= 4 is 5.91 Å². The maximum absolute atomic E-state index is 11.4. The first-order valence-corrected chi connectivity index (χ1v) is 7.08. The number of carbonyl (C=O) groups excluding carboxylic acids is 1. The molecule has 0 spiro atoms. The fourth-order valence-electron chi connectivity index (χ4n) is 2.84. The molecule has 1 N–H and O–H groups in total. The monoisotopic (exact) mass is 260 g/mol. The lowest BCUT2D eigenvalue weighted by molar-refractivity contribution is -0.121. The molecule has 1 aliphatic rings. The topological polar surface area (TPSA) is 32.3 Å². The van der Waals surface area contributed by atoms with Gasteiger partial charge in [-0.3, -0.25) is 9.69 Å². The molecule has 2 rings (SSSR count). The van der Waals surface area contributed by atoms with E-state index >= 15 is 0 Å². The first-order chi connectivity index (χ1) is 9.11. The first-order valence-electron chi connectivity index (χ1n) is 7.08. The Balaban J connectivity index is 1.82. The van der Waals surface area contributed by atoms with Crippen molar-refractivity contribution in [1.82, 2.24) is 10.2 Å². The Kier molecular flexibility index (Phi) is 4.59. The van der Waals surface area contributed by atoms with Crippen LogP contribution in [-0.2, 0) is 11.2 Å². The van der Waals surface area contributed by atoms with Crippen LogP contribution in [0.4, 0.5) is 0 Å². The van der Waals surface area contributed by atoms with Gasteiger partial charge >= 0.3 is 0 Å². The minimum Gasteiger partial charge on any atom is -0.358 e. The molecule has 0 bridgehead atoms. The normalized spacial score (nSPS) is 23.5. The zero-order valence-electron chi connectivity index (χ0n) is 12.0. The van der Waals surface area contributed by atoms with Gasteiger partial charge in [0.05, 0.1) is 6.54 Å². The van der Waals surface area contributed by atoms with Gasteiger partial charge in [0.15, 0.2) is 0 Å². The molecule has 0 saturated carbocycles. The summed E-state index contributed by atoms with van der Waals surface area (Å²) in [5.41, 5.74) is 1.76. The molecule has 1 saturated heterocycles. The molecule has 3 nitrogen and oxygen atoms in total. The highest BCUT2D eigenvalue weighted by molar-refractivity contribution is 5.77. The molecule has 0 aromatic heterocycles. The third-order valence-electron chi connectivity index (χ3n) is 4.14. The van der Waals surface area contributed by atoms with Crippen LogP contribution in [0.5, 0.6) is 0 Å². The van der Waals surface area contributed by atoms with E-state index in [-0.39, 0.29) is 5.91 Å². The number of aryl methyl sites for hydroxylation is 1. The van der Waals surface area contributed by atoms with Crippen molar-refractivity contribution in [3.05, 3.63) is 35.9 Å². The number of carbonyl (C=O) groups is 1. The second kappa shape index (κ2) is 6.20. The quantitative estimate of drug-likeness (QED) is 0.879. The summed E-state index contributed by atoms with van der Waals surface area (Å²) in [6.07, 6.45) is 3.52. The number of hydrogen-bond donors (Lipinski definition) is 1. The summed E-state index contributed by atoms with van der Waals surface area (Å²) in [7, 11) is 1.70. The van der Waals surface area contributed by atoms with Crippen molar-refractivity contribution in [3.8, 4) is 0 Å². The number of hydrogen-bond acceptors (Lipinski definition) is 2. The minimum absolute atomic E-state index is 0.118. The molecule has 1 fully saturated rings. The molecular weight excluding hydrogens is 236 g/mol. The van der Waals surface area contributed by atoms with Crippen LogP contribution in [-0.4, -0.2) is 37.5 Å². The van der Waals surface area contributed by atoms with Gasteiger partial charge in [0, 0.05) is 13.6 Å². The van der Waals surface area contributed by atoms with E-state index in [2.05, 4.69) is 47.5 Å². The molecule has 1 atom stereocenters. The van der Waals surface area contributed by atoms with E-state index in [0.29, 0.717) is 12.0 Å². The Morgan fingerprint density at radius 3 is 2.79 bits per heavy atom. The van der Waals surface area contributed by atoms with Gasteiger partial charge in [0.1, 0.15) is 0 Å². The van der Waals surface area contributed by atoms with E-state index in [9.17, 15) is 4.79 Å². The van der Waals surface area contributed by atoms with Crippen LogP contribution in [0.25, 0.3) is 0 Å². The van der Waals surface area contributed by atoms with Gasteiger partial charge in [0.2, 0.25) is 5.91 Å². The standard InChI is InChI=1S/C16H24N2O/c1-16(9-8-14-6-4-3-5-7-14)10-11-18(13-16)12-15(19)17-2/h3-7H,8-13H2,1-2H3,(H,17,19). The van der Waals surface area contributed by atoms with Crippen LogP contribution in [0.3, 0.4) is 0 Å². The van der Waals surface area contributed by atoms with E-state index < -0.39 is 0 Å². The molecule has 1 amide bonds. The van der Waals surface area contributed by atoms with E-state index in [1.807, 2.05) is 0 Å². The summed E-state index contributed by atoms with van der Waals surface area (Å²) in [4.78, 5) is 13.7. The van der Waals surface area contributed by atoms with Gasteiger partial charge in [-0.2, -0.15) is 0 Å². The number of nitrogens with one attached hydrogen (secondary N) is 1. The smallest absolute Gasteiger partial charge is 0.233 e. The summed E-state index contributed by atoms with van der Waals surface area (Å²) >= 11 is 0. The van der Waals surface area contributed by atoms with Crippen molar-refractivity contribution in [2.75, 3.05) is 26.7 Å². The van der Waals surface area contributed by atoms with Gasteiger partial charge < -0.3 is 5.32 Å². The molecule has 0 radical (unpaired) electrons. The molecule has 1 unspecified atom stereocenters. The Labute approximate surface area is 116 Å². The molecule has 0 aliphatic carbocycles. The third-order valence-corrected chi connectivity index (χ3v) is 4.14. The molecule has 1 heterocycles. The number of benzene rings is 1. The van der Waals surface area contributed by atoms with Gasteiger partial charge in [-0.05, 0) is 36.8 Å². The molecule has 1 aromatic carbocycles. The molecule has 104 valence electrons. The summed E-state index contributed by atoms with van der Waals surface area (Å²) in [6.45, 7) is 4.96. The summed E-state index contributed by atoms with van der Waals surface area (Å²) in [5.74, 6) is 0.118. The Bertz CT molecular complexity index is 418. The molecular formula is C16H24N2O. The largest absolute Gasteiger partial charge is 0.358 e. The zero-order valence-corrected chi connectivity index (χ0v) is 12.0. The van der Waals surface area contributed by atoms with Gasteiger partial charge in [0.25, 0.3) is 0 Å². The van der Waals surface area contributed by atoms with Crippen LogP contribution in [0.2, 0.25) is 0 Å². The lowest BCUT2D eigenvalue weighted by Crippen LogP contribution is -2.35. The third kappa shape index (κ3) is 4.06. The highest BCUT2D eigenvalue weighted by Gasteiger charge is 2.33. The molecule has 1 aromatic rings. The maximum Gasteiger partial charge on any atom is 0.233 e. The fraction of sp³-hybridized carbons (Fsp3) is 0.562. The second-order valence-corrected chi connectivity index (χ2v) is 5.93. The van der Waals surface area contributed by atoms with Crippen molar-refractivity contribution in [1.29, 1.82) is 0 Å². The van der Waals surface area contributed by atoms with Gasteiger partial charge in [-0.25, -0.2) is 0 Å². The predicted octanol–water partition coefficient (Wildman–Crippen LogP) is 2.08. The van der Waals surface area contributed by atoms with Crippen LogP contribution < -0.4 is 5.32 Å². The van der Waals surface area contributed by atoms with Gasteiger partial charge in [-0.15, -0.1) is 0 Å². The van der Waals surface area contributed by atoms with Crippen LogP contribution in [0.1, 0.15) is 25.3 Å². The average molecular weight is 260 g/mol. The fourth-order valence-corrected chi connectivity index (χ4v) is 2.84. The highest BCUT2D eigenvalue weighted by Crippen LogP contribution is 2.34. The summed E-state index contributed by atoms with van der Waals surface area (Å²) < 4.78 is 0. The van der Waals surface area contributed by atoms with Crippen molar-refractivity contribution in [3.63, 3.8) is 0 Å². The Morgan fingerprint density at radius 2 is 2.11 bits per heavy atom. The number of rotatable bonds is 5. The van der Waals surface area contributed by atoms with E-state index in [4.69, 9.17) is 0 Å². The average Bonchev–Trinajstić information content (AvgIpc) is 2.79. The lowest BCUT2D eigenvalue weighted by Gasteiger charge is -2.24. The highest BCUT2D eigenvalue weighted by atomic mass is 16.1. The molecule has 1 aliphatic heterocycles. The first kappa shape index (κ1) is 14.1. The van der Waals surface area contributed by atoms with Crippen LogP contribution in [0.15, 0.2) is 30.3 Å². The lowest BCUT2D eigenvalue weighted by atomic mass is 9.83. The summed E-state index contributed by atoms with van der Waals surface area (Å²) in [5, 5.41) is 2.70. The SMILES string of the molecule is CNC(=O)CN1CCC(C)(CCc2ccccc2)C1. The zero-order chi connectivity index (χ0) is 13.7. The second-order valence-electron chi connectivity index (χ2n) is 5.93. The Morgan fingerprint density at radius 1 is 1.37 bits per heavy atom. The van der Waals surface area contributed by atoms with Crippen molar-refractivity contribution in [2.24, 2.45) is 5.41 Å². The van der Waals surface area contributed by atoms with Crippen LogP contribution >= 0.6 is 0 Å². The van der Waals surface area contributed by atoms with Crippen molar-refractivity contribution < 1.29 is 4.79 Å². The summed E-state index contributed by atoms with van der Waals surface area (Å²) in [6, 6.07) is 10.7. The Hall–Kier alpha value is -1.35. The minimum atomic E-state index is 0.118.